The highest BCUT2D eigenvalue weighted by Gasteiger charge is 2.25. The van der Waals surface area contributed by atoms with Crippen molar-refractivity contribution in [3.63, 3.8) is 0 Å². The first-order chi connectivity index (χ1) is 8.20. The van der Waals surface area contributed by atoms with Crippen molar-refractivity contribution in [2.45, 2.75) is 52.1 Å². The third kappa shape index (κ3) is 3.03. The van der Waals surface area contributed by atoms with E-state index in [9.17, 15) is 0 Å². The van der Waals surface area contributed by atoms with Gasteiger partial charge in [0.2, 0.25) is 0 Å². The van der Waals surface area contributed by atoms with E-state index in [1.807, 2.05) is 0 Å². The zero-order valence-electron chi connectivity index (χ0n) is 10.8. The summed E-state index contributed by atoms with van der Waals surface area (Å²) in [6.45, 7) is 4.64. The Hall–Kier alpha value is -0.960. The number of hydrogen-bond donors (Lipinski definition) is 1. The number of aliphatic hydroxyl groups excluding tert-OH is 1. The Labute approximate surface area is 103 Å². The molecular weight excluding hydrogens is 212 g/mol. The number of hydrogen-bond acceptors (Lipinski definition) is 3. The van der Waals surface area contributed by atoms with E-state index in [2.05, 4.69) is 23.8 Å². The molecule has 94 valence electrons. The van der Waals surface area contributed by atoms with Crippen LogP contribution in [0.15, 0.2) is 12.3 Å². The quantitative estimate of drug-likeness (QED) is 0.874. The second kappa shape index (κ2) is 5.58. The normalized spacial score (nSPS) is 25.2. The van der Waals surface area contributed by atoms with Gasteiger partial charge in [-0.2, -0.15) is 0 Å². The van der Waals surface area contributed by atoms with Crippen LogP contribution < -0.4 is 0 Å². The summed E-state index contributed by atoms with van der Waals surface area (Å²) in [4.78, 5) is 8.78. The predicted octanol–water partition coefficient (Wildman–Crippen LogP) is 2.90. The highest BCUT2D eigenvalue weighted by Crippen LogP contribution is 2.37. The van der Waals surface area contributed by atoms with Gasteiger partial charge >= 0.3 is 0 Å². The lowest BCUT2D eigenvalue weighted by Crippen LogP contribution is -2.19. The number of rotatable bonds is 3. The molecule has 2 rings (SSSR count). The number of nitrogens with zero attached hydrogens (tertiary/aromatic N) is 2. The summed E-state index contributed by atoms with van der Waals surface area (Å²) < 4.78 is 0. The van der Waals surface area contributed by atoms with Crippen LogP contribution in [0.1, 0.15) is 57.0 Å². The fourth-order valence-electron chi connectivity index (χ4n) is 2.74. The molecule has 1 aliphatic rings. The van der Waals surface area contributed by atoms with Gasteiger partial charge in [-0.3, -0.25) is 0 Å². The highest BCUT2D eigenvalue weighted by molar-refractivity contribution is 5.05. The van der Waals surface area contributed by atoms with Gasteiger partial charge in [0.25, 0.3) is 0 Å². The minimum Gasteiger partial charge on any atom is -0.390 e. The molecule has 0 amide bonds. The molecule has 1 aromatic rings. The number of aromatic nitrogens is 2. The van der Waals surface area contributed by atoms with Crippen molar-refractivity contribution in [1.82, 2.24) is 9.97 Å². The Morgan fingerprint density at radius 2 is 2.00 bits per heavy atom. The van der Waals surface area contributed by atoms with E-state index in [-0.39, 0.29) is 6.61 Å². The van der Waals surface area contributed by atoms with Crippen LogP contribution >= 0.6 is 0 Å². The average molecular weight is 234 g/mol. The minimum atomic E-state index is 0.0108. The van der Waals surface area contributed by atoms with Crippen LogP contribution in [0.2, 0.25) is 0 Å². The summed E-state index contributed by atoms with van der Waals surface area (Å²) in [5, 5.41) is 9.08. The fourth-order valence-corrected chi connectivity index (χ4v) is 2.74. The molecule has 0 aliphatic heterocycles. The lowest BCUT2D eigenvalue weighted by atomic mass is 9.77. The maximum absolute atomic E-state index is 9.08. The molecule has 3 heteroatoms. The molecule has 1 saturated carbocycles. The molecular formula is C14H22N2O. The number of aliphatic hydroxyl groups is 1. The van der Waals surface area contributed by atoms with Gasteiger partial charge < -0.3 is 5.11 Å². The van der Waals surface area contributed by atoms with Crippen molar-refractivity contribution in [1.29, 1.82) is 0 Å². The van der Waals surface area contributed by atoms with E-state index < -0.39 is 0 Å². The molecule has 1 aromatic heterocycles. The summed E-state index contributed by atoms with van der Waals surface area (Å²) >= 11 is 0. The second-order valence-corrected chi connectivity index (χ2v) is 5.42. The Morgan fingerprint density at radius 1 is 1.29 bits per heavy atom. The van der Waals surface area contributed by atoms with Crippen molar-refractivity contribution >= 4 is 0 Å². The van der Waals surface area contributed by atoms with Crippen LogP contribution in [-0.2, 0) is 6.61 Å². The van der Waals surface area contributed by atoms with Gasteiger partial charge in [0, 0.05) is 12.1 Å². The van der Waals surface area contributed by atoms with Gasteiger partial charge in [-0.1, -0.05) is 13.8 Å². The molecule has 17 heavy (non-hydrogen) atoms. The molecule has 3 nitrogen and oxygen atoms in total. The van der Waals surface area contributed by atoms with Gasteiger partial charge in [0.05, 0.1) is 12.3 Å². The summed E-state index contributed by atoms with van der Waals surface area (Å²) in [6, 6.07) is 1.78. The second-order valence-electron chi connectivity index (χ2n) is 5.42. The molecule has 1 aliphatic carbocycles. The predicted molar refractivity (Wildman–Crippen MR) is 67.5 cm³/mol. The van der Waals surface area contributed by atoms with Gasteiger partial charge in [-0.25, -0.2) is 9.97 Å². The van der Waals surface area contributed by atoms with Gasteiger partial charge in [-0.05, 0) is 43.6 Å². The van der Waals surface area contributed by atoms with E-state index in [0.717, 1.165) is 23.4 Å². The van der Waals surface area contributed by atoms with E-state index in [0.29, 0.717) is 5.92 Å². The van der Waals surface area contributed by atoms with Crippen LogP contribution in [0.3, 0.4) is 0 Å². The monoisotopic (exact) mass is 234 g/mol. The van der Waals surface area contributed by atoms with Crippen molar-refractivity contribution in [2.24, 2.45) is 11.8 Å². The third-order valence-electron chi connectivity index (χ3n) is 3.97. The maximum atomic E-state index is 9.08. The van der Waals surface area contributed by atoms with E-state index in [1.165, 1.54) is 25.7 Å². The van der Waals surface area contributed by atoms with E-state index in [1.54, 1.807) is 12.3 Å². The SMILES string of the molecule is CC(C)C1CCC(c2nccc(CO)n2)CC1. The van der Waals surface area contributed by atoms with Crippen molar-refractivity contribution in [2.75, 3.05) is 0 Å². The smallest absolute Gasteiger partial charge is 0.131 e. The molecule has 0 aromatic carbocycles. The first-order valence-electron chi connectivity index (χ1n) is 6.63. The molecule has 1 N–H and O–H groups in total. The van der Waals surface area contributed by atoms with Crippen LogP contribution in [-0.4, -0.2) is 15.1 Å². The molecule has 0 bridgehead atoms. The Bertz CT molecular complexity index is 357. The lowest BCUT2D eigenvalue weighted by molar-refractivity contribution is 0.252. The topological polar surface area (TPSA) is 46.0 Å². The van der Waals surface area contributed by atoms with Crippen LogP contribution in [0.4, 0.5) is 0 Å². The van der Waals surface area contributed by atoms with E-state index in [4.69, 9.17) is 5.11 Å². The molecule has 0 unspecified atom stereocenters. The first-order valence-corrected chi connectivity index (χ1v) is 6.63. The van der Waals surface area contributed by atoms with Crippen LogP contribution in [0, 0.1) is 11.8 Å². The highest BCUT2D eigenvalue weighted by atomic mass is 16.3. The van der Waals surface area contributed by atoms with Crippen molar-refractivity contribution in [3.05, 3.63) is 23.8 Å². The maximum Gasteiger partial charge on any atom is 0.131 e. The first kappa shape index (κ1) is 12.5. The fraction of sp³-hybridized carbons (Fsp3) is 0.714. The zero-order valence-corrected chi connectivity index (χ0v) is 10.8. The summed E-state index contributed by atoms with van der Waals surface area (Å²) in [5.41, 5.74) is 0.737. The van der Waals surface area contributed by atoms with Gasteiger partial charge in [-0.15, -0.1) is 0 Å². The van der Waals surface area contributed by atoms with Crippen LogP contribution in [0.5, 0.6) is 0 Å². The molecule has 0 saturated heterocycles. The van der Waals surface area contributed by atoms with Gasteiger partial charge in [0.1, 0.15) is 5.82 Å². The Balaban J connectivity index is 2.00. The Kier molecular flexibility index (Phi) is 4.11. The largest absolute Gasteiger partial charge is 0.390 e. The van der Waals surface area contributed by atoms with Crippen molar-refractivity contribution in [3.8, 4) is 0 Å². The van der Waals surface area contributed by atoms with Crippen molar-refractivity contribution < 1.29 is 5.11 Å². The summed E-state index contributed by atoms with van der Waals surface area (Å²) in [5.74, 6) is 3.09. The average Bonchev–Trinajstić information content (AvgIpc) is 2.39. The van der Waals surface area contributed by atoms with Gasteiger partial charge in [0.15, 0.2) is 0 Å². The Morgan fingerprint density at radius 3 is 2.59 bits per heavy atom. The molecule has 0 spiro atoms. The third-order valence-corrected chi connectivity index (χ3v) is 3.97. The van der Waals surface area contributed by atoms with Crippen LogP contribution in [0.25, 0.3) is 0 Å². The molecule has 0 atom stereocenters. The van der Waals surface area contributed by atoms with E-state index >= 15 is 0 Å². The summed E-state index contributed by atoms with van der Waals surface area (Å²) in [7, 11) is 0. The zero-order chi connectivity index (χ0) is 12.3. The molecule has 0 radical (unpaired) electrons. The standard InChI is InChI=1S/C14H22N2O/c1-10(2)11-3-5-12(6-4-11)14-15-8-7-13(9-17)16-14/h7-8,10-12,17H,3-6,9H2,1-2H3. The lowest BCUT2D eigenvalue weighted by Gasteiger charge is -2.30. The molecule has 1 fully saturated rings. The molecule has 1 heterocycles. The minimum absolute atomic E-state index is 0.0108. The summed E-state index contributed by atoms with van der Waals surface area (Å²) in [6.07, 6.45) is 6.72.